The number of hydrogen-bond donors (Lipinski definition) is 0. The van der Waals surface area contributed by atoms with Gasteiger partial charge in [0.25, 0.3) is 0 Å². The summed E-state index contributed by atoms with van der Waals surface area (Å²) in [4.78, 5) is 0. The number of hydrogen-bond acceptors (Lipinski definition) is 1. The van der Waals surface area contributed by atoms with E-state index in [0.717, 1.165) is 6.04 Å². The summed E-state index contributed by atoms with van der Waals surface area (Å²) in [6.07, 6.45) is 11.7. The zero-order valence-electron chi connectivity index (χ0n) is 14.0. The second-order valence-corrected chi connectivity index (χ2v) is 19.6. The van der Waals surface area contributed by atoms with Gasteiger partial charge in [0, 0.05) is 0 Å². The fourth-order valence-electron chi connectivity index (χ4n) is 3.96. The maximum atomic E-state index is 3.12. The van der Waals surface area contributed by atoms with Crippen LogP contribution in [0.15, 0.2) is 0 Å². The Hall–Kier alpha value is 0.759. The third kappa shape index (κ3) is 5.22. The second-order valence-electron chi connectivity index (χ2n) is 6.72. The average Bonchev–Trinajstić information content (AvgIpc) is 2.85. The van der Waals surface area contributed by atoms with Crippen LogP contribution in [-0.4, -0.2) is 34.4 Å². The zero-order chi connectivity index (χ0) is 14.1. The van der Waals surface area contributed by atoms with E-state index in [1.807, 2.05) is 0 Å². The van der Waals surface area contributed by atoms with Gasteiger partial charge in [-0.15, -0.1) is 0 Å². The Morgan fingerprint density at radius 3 is 1.68 bits per heavy atom. The van der Waals surface area contributed by atoms with Gasteiger partial charge in [-0.2, -0.15) is 0 Å². The van der Waals surface area contributed by atoms with E-state index < -0.39 is 18.7 Å². The Bertz CT molecular complexity index is 208. The van der Waals surface area contributed by atoms with Crippen molar-refractivity contribution in [2.75, 3.05) is 6.54 Å². The van der Waals surface area contributed by atoms with Crippen molar-refractivity contribution in [1.82, 2.24) is 3.12 Å². The van der Waals surface area contributed by atoms with E-state index in [2.05, 4.69) is 30.8 Å². The number of unbranched alkanes of at least 4 members (excludes halogenated alkanes) is 3. The molecule has 0 aromatic heterocycles. The fourth-order valence-corrected chi connectivity index (χ4v) is 22.1. The van der Waals surface area contributed by atoms with Crippen molar-refractivity contribution in [2.45, 2.75) is 98.4 Å². The molecule has 1 atom stereocenters. The van der Waals surface area contributed by atoms with Crippen LogP contribution >= 0.6 is 0 Å². The van der Waals surface area contributed by atoms with E-state index in [9.17, 15) is 0 Å². The van der Waals surface area contributed by atoms with Crippen LogP contribution < -0.4 is 0 Å². The van der Waals surface area contributed by atoms with Crippen LogP contribution in [-0.2, 0) is 0 Å². The van der Waals surface area contributed by atoms with Crippen molar-refractivity contribution in [3.8, 4) is 0 Å². The van der Waals surface area contributed by atoms with Gasteiger partial charge >= 0.3 is 127 Å². The molecule has 1 unspecified atom stereocenters. The summed E-state index contributed by atoms with van der Waals surface area (Å²) in [6.45, 7) is 11.1. The van der Waals surface area contributed by atoms with Crippen molar-refractivity contribution in [2.24, 2.45) is 0 Å². The average molecular weight is 374 g/mol. The van der Waals surface area contributed by atoms with Crippen LogP contribution in [0.2, 0.25) is 13.3 Å². The molecule has 1 nitrogen and oxygen atoms in total. The molecule has 1 saturated heterocycles. The van der Waals surface area contributed by atoms with Gasteiger partial charge in [-0.05, 0) is 0 Å². The van der Waals surface area contributed by atoms with Crippen LogP contribution in [0.4, 0.5) is 0 Å². The number of rotatable bonds is 10. The van der Waals surface area contributed by atoms with Crippen LogP contribution in [0.3, 0.4) is 0 Å². The van der Waals surface area contributed by atoms with Gasteiger partial charge in [0.15, 0.2) is 0 Å². The summed E-state index contributed by atoms with van der Waals surface area (Å²) in [5.41, 5.74) is 0. The van der Waals surface area contributed by atoms with Gasteiger partial charge in [0.1, 0.15) is 0 Å². The Balaban J connectivity index is 2.80. The molecular weight excluding hydrogens is 337 g/mol. The predicted molar refractivity (Wildman–Crippen MR) is 90.3 cm³/mol. The molecule has 0 saturated carbocycles. The molecule has 114 valence electrons. The third-order valence-corrected chi connectivity index (χ3v) is 21.5. The van der Waals surface area contributed by atoms with Crippen molar-refractivity contribution < 1.29 is 0 Å². The minimum atomic E-state index is -2.02. The zero-order valence-corrected chi connectivity index (χ0v) is 16.9. The van der Waals surface area contributed by atoms with Gasteiger partial charge in [-0.3, -0.25) is 0 Å². The molecule has 1 fully saturated rings. The first-order valence-electron chi connectivity index (χ1n) is 8.97. The molecule has 1 aliphatic heterocycles. The Morgan fingerprint density at radius 2 is 1.37 bits per heavy atom. The molecule has 1 rings (SSSR count). The second kappa shape index (κ2) is 9.65. The van der Waals surface area contributed by atoms with Gasteiger partial charge in [0.05, 0.1) is 0 Å². The standard InChI is InChI=1S/C5H10N.3C4H9.Sn/c1-5-3-2-4-6-5;3*1-3-4-2;/h5H,2-4H2,1H3;3*1,3-4H2,2H3;/q-1;;;;+1. The topological polar surface area (TPSA) is 3.24 Å². The van der Waals surface area contributed by atoms with Gasteiger partial charge in [-0.25, -0.2) is 0 Å². The molecule has 2 heteroatoms. The van der Waals surface area contributed by atoms with Gasteiger partial charge in [-0.1, -0.05) is 0 Å². The molecule has 0 aliphatic carbocycles. The SMILES string of the molecule is CCC[CH2][Sn]([CH2]CCC)([CH2]CCC)[N]1CCCC1C. The van der Waals surface area contributed by atoms with E-state index in [4.69, 9.17) is 0 Å². The van der Waals surface area contributed by atoms with Crippen LogP contribution in [0.25, 0.3) is 0 Å². The molecule has 1 aliphatic rings. The van der Waals surface area contributed by atoms with Crippen molar-refractivity contribution in [1.29, 1.82) is 0 Å². The van der Waals surface area contributed by atoms with E-state index in [1.165, 1.54) is 57.9 Å². The van der Waals surface area contributed by atoms with Crippen LogP contribution in [0.5, 0.6) is 0 Å². The fraction of sp³-hybridized carbons (Fsp3) is 1.00. The summed E-state index contributed by atoms with van der Waals surface area (Å²) < 4.78 is 8.07. The molecule has 19 heavy (non-hydrogen) atoms. The maximum absolute atomic E-state index is 3.12. The quantitative estimate of drug-likeness (QED) is 0.436. The van der Waals surface area contributed by atoms with E-state index >= 15 is 0 Å². The Labute approximate surface area is 126 Å². The summed E-state index contributed by atoms with van der Waals surface area (Å²) >= 11 is -2.02. The predicted octanol–water partition coefficient (Wildman–Crippen LogP) is 5.82. The van der Waals surface area contributed by atoms with Crippen LogP contribution in [0.1, 0.15) is 79.1 Å². The molecular formula is C17H37NSn. The minimum absolute atomic E-state index is 0.918. The molecule has 0 amide bonds. The molecule has 0 N–H and O–H groups in total. The third-order valence-electron chi connectivity index (χ3n) is 5.15. The molecule has 0 aromatic carbocycles. The molecule has 0 bridgehead atoms. The monoisotopic (exact) mass is 375 g/mol. The van der Waals surface area contributed by atoms with Crippen molar-refractivity contribution in [3.05, 3.63) is 0 Å². The Morgan fingerprint density at radius 1 is 0.895 bits per heavy atom. The number of nitrogens with zero attached hydrogens (tertiary/aromatic N) is 1. The van der Waals surface area contributed by atoms with Crippen molar-refractivity contribution >= 4 is 18.7 Å². The summed E-state index contributed by atoms with van der Waals surface area (Å²) in [6, 6.07) is 0.918. The first-order valence-corrected chi connectivity index (χ1v) is 16.3. The Kier molecular flexibility index (Phi) is 9.05. The first kappa shape index (κ1) is 17.8. The summed E-state index contributed by atoms with van der Waals surface area (Å²) in [5.74, 6) is 0. The molecule has 1 heterocycles. The summed E-state index contributed by atoms with van der Waals surface area (Å²) in [7, 11) is 0. The van der Waals surface area contributed by atoms with Gasteiger partial charge < -0.3 is 0 Å². The molecule has 0 spiro atoms. The van der Waals surface area contributed by atoms with E-state index in [1.54, 1.807) is 13.3 Å². The summed E-state index contributed by atoms with van der Waals surface area (Å²) in [5, 5.41) is 0. The van der Waals surface area contributed by atoms with E-state index in [-0.39, 0.29) is 0 Å². The van der Waals surface area contributed by atoms with Crippen LogP contribution in [0, 0.1) is 0 Å². The normalized spacial score (nSPS) is 21.2. The van der Waals surface area contributed by atoms with Crippen molar-refractivity contribution in [3.63, 3.8) is 0 Å². The van der Waals surface area contributed by atoms with E-state index in [0.29, 0.717) is 0 Å². The molecule has 0 radical (unpaired) electrons. The van der Waals surface area contributed by atoms with Gasteiger partial charge in [0.2, 0.25) is 0 Å². The molecule has 0 aromatic rings. The first-order chi connectivity index (χ1) is 9.20.